The van der Waals surface area contributed by atoms with Crippen molar-refractivity contribution in [1.29, 1.82) is 0 Å². The minimum Gasteiger partial charge on any atom is -0.298 e. The van der Waals surface area contributed by atoms with Gasteiger partial charge in [-0.1, -0.05) is 6.92 Å². The lowest BCUT2D eigenvalue weighted by atomic mass is 9.76. The molecule has 2 aliphatic carbocycles. The Kier molecular flexibility index (Phi) is 8.08. The lowest BCUT2D eigenvalue weighted by Crippen LogP contribution is -2.69. The molecule has 34 heavy (non-hydrogen) atoms. The molecule has 2 saturated carbocycles. The molecule has 4 unspecified atom stereocenters. The summed E-state index contributed by atoms with van der Waals surface area (Å²) in [7, 11) is 0. The monoisotopic (exact) mass is 495 g/mol. The van der Waals surface area contributed by atoms with Crippen LogP contribution in [0, 0.1) is 66.6 Å². The van der Waals surface area contributed by atoms with Crippen molar-refractivity contribution < 1.29 is 34.5 Å². The van der Waals surface area contributed by atoms with E-state index in [9.17, 15) is 60.7 Å². The zero-order valence-electron chi connectivity index (χ0n) is 17.6. The summed E-state index contributed by atoms with van der Waals surface area (Å²) in [4.78, 5) is 69.3. The van der Waals surface area contributed by atoms with E-state index < -0.39 is 97.5 Å². The number of rotatable bonds is 10. The van der Waals surface area contributed by atoms with Crippen LogP contribution in [0.5, 0.6) is 0 Å². The average Bonchev–Trinajstić information content (AvgIpc) is 2.72. The topological polar surface area (TPSA) is 271 Å². The summed E-state index contributed by atoms with van der Waals surface area (Å²) in [5.74, 6) is -0.539. The Morgan fingerprint density at radius 3 is 1.29 bits per heavy atom. The van der Waals surface area contributed by atoms with Crippen LogP contribution in [0.2, 0.25) is 0 Å². The fourth-order valence-corrected chi connectivity index (χ4v) is 5.03. The lowest BCUT2D eigenvalue weighted by molar-refractivity contribution is -0.765. The molecule has 0 aromatic carbocycles. The third-order valence-corrected chi connectivity index (χ3v) is 6.35. The van der Waals surface area contributed by atoms with Crippen LogP contribution in [-0.2, 0) is 4.84 Å². The van der Waals surface area contributed by atoms with E-state index in [0.29, 0.717) is 4.90 Å². The molecule has 0 amide bonds. The summed E-state index contributed by atoms with van der Waals surface area (Å²) in [6.45, 7) is 0.228. The van der Waals surface area contributed by atoms with Gasteiger partial charge in [-0.25, -0.2) is 4.90 Å². The molecule has 2 aliphatic rings. The fourth-order valence-electron chi connectivity index (χ4n) is 5.03. The molecule has 20 nitrogen and oxygen atoms in total. The van der Waals surface area contributed by atoms with E-state index in [4.69, 9.17) is 0 Å². The molecule has 0 radical (unpaired) electrons. The highest BCUT2D eigenvalue weighted by Crippen LogP contribution is 2.37. The Morgan fingerprint density at radius 2 is 1.00 bits per heavy atom. The van der Waals surface area contributed by atoms with E-state index in [2.05, 4.69) is 4.84 Å². The number of hydrogen-bond acceptors (Lipinski definition) is 14. The minimum atomic E-state index is -2.07. The van der Waals surface area contributed by atoms with Gasteiger partial charge in [0.1, 0.15) is 12.1 Å². The largest absolute Gasteiger partial charge is 0.298 e. The number of hydrogen-bond donors (Lipinski definition) is 0. The Labute approximate surface area is 188 Å². The first-order valence-electron chi connectivity index (χ1n) is 9.96. The Bertz CT molecular complexity index is 823. The number of nitrogens with zero attached hydrogens (tertiary/aromatic N) is 7. The van der Waals surface area contributed by atoms with Gasteiger partial charge in [0.2, 0.25) is 30.2 Å². The molecule has 2 rings (SSSR count). The van der Waals surface area contributed by atoms with E-state index in [1.54, 1.807) is 0 Å². The summed E-state index contributed by atoms with van der Waals surface area (Å²) >= 11 is 0. The molecule has 20 heteroatoms. The van der Waals surface area contributed by atoms with Crippen LogP contribution in [-0.4, -0.2) is 83.6 Å². The Morgan fingerprint density at radius 1 is 0.647 bits per heavy atom. The maximum atomic E-state index is 11.8. The molecule has 0 aromatic rings. The van der Waals surface area contributed by atoms with Crippen LogP contribution in [0.3, 0.4) is 0 Å². The molecular formula is C14H21N7O13. The maximum Gasteiger partial charge on any atom is 0.295 e. The van der Waals surface area contributed by atoms with Gasteiger partial charge in [0.25, 0.3) is 5.09 Å². The van der Waals surface area contributed by atoms with Crippen molar-refractivity contribution in [2.45, 2.75) is 74.9 Å². The predicted molar refractivity (Wildman–Crippen MR) is 104 cm³/mol. The zero-order valence-corrected chi connectivity index (χ0v) is 17.6. The van der Waals surface area contributed by atoms with Crippen LogP contribution < -0.4 is 0 Å². The highest BCUT2D eigenvalue weighted by molar-refractivity contribution is 5.00. The van der Waals surface area contributed by atoms with E-state index in [1.807, 2.05) is 0 Å². The molecule has 0 saturated heterocycles. The second-order valence-corrected chi connectivity index (χ2v) is 8.38. The predicted octanol–water partition coefficient (Wildman–Crippen LogP) is -0.358. The Balaban J connectivity index is 2.69. The van der Waals surface area contributed by atoms with Gasteiger partial charge in [-0.3, -0.25) is 55.4 Å². The van der Waals surface area contributed by atoms with E-state index in [0.717, 1.165) is 0 Å². The summed E-state index contributed by atoms with van der Waals surface area (Å²) in [6, 6.07) is -13.2. The SMILES string of the molecule is CC1CC([N+](=O)[O-])C(N(CO[N+](=O)[O-])C2C([N+](=O)[O-])CC([N+](=O)[O-])CC2[N+](=O)[O-])C([N+](=O)[O-])C1. The van der Waals surface area contributed by atoms with Gasteiger partial charge >= 0.3 is 0 Å². The highest BCUT2D eigenvalue weighted by atomic mass is 17.0. The smallest absolute Gasteiger partial charge is 0.295 e. The average molecular weight is 495 g/mol. The first kappa shape index (κ1) is 26.4. The standard InChI is InChI=1S/C14H21N7O13/c1-7-2-9(17(24)25)13(10(3-7)18(26)27)15(6-34-21(32)33)14-11(19(28)29)4-8(16(22)23)5-12(14)20(30)31/h7-14H,2-6H2,1H3. The van der Waals surface area contributed by atoms with Crippen molar-refractivity contribution in [1.82, 2.24) is 4.90 Å². The van der Waals surface area contributed by atoms with E-state index in [1.165, 1.54) is 6.92 Å². The van der Waals surface area contributed by atoms with Crippen LogP contribution in [0.1, 0.15) is 32.6 Å². The van der Waals surface area contributed by atoms with E-state index in [-0.39, 0.29) is 12.8 Å². The zero-order chi connectivity index (χ0) is 25.9. The van der Waals surface area contributed by atoms with Gasteiger partial charge < -0.3 is 0 Å². The fraction of sp³-hybridized carbons (Fsp3) is 1.00. The van der Waals surface area contributed by atoms with Crippen molar-refractivity contribution in [2.75, 3.05) is 6.73 Å². The molecule has 0 aromatic heterocycles. The molecular weight excluding hydrogens is 474 g/mol. The van der Waals surface area contributed by atoms with Gasteiger partial charge in [-0.05, 0) is 5.92 Å². The summed E-state index contributed by atoms with van der Waals surface area (Å²) in [5, 5.41) is 68.0. The van der Waals surface area contributed by atoms with Gasteiger partial charge in [-0.2, -0.15) is 0 Å². The van der Waals surface area contributed by atoms with Crippen LogP contribution in [0.15, 0.2) is 0 Å². The minimum absolute atomic E-state index is 0.243. The lowest BCUT2D eigenvalue weighted by Gasteiger charge is -2.43. The first-order chi connectivity index (χ1) is 15.8. The second-order valence-electron chi connectivity index (χ2n) is 8.38. The normalized spacial score (nSPS) is 33.6. The van der Waals surface area contributed by atoms with Gasteiger partial charge in [0, 0.05) is 37.5 Å². The second kappa shape index (κ2) is 10.4. The van der Waals surface area contributed by atoms with Crippen molar-refractivity contribution in [2.24, 2.45) is 5.92 Å². The quantitative estimate of drug-likeness (QED) is 0.213. The van der Waals surface area contributed by atoms with Crippen LogP contribution in [0.4, 0.5) is 0 Å². The molecule has 0 bridgehead atoms. The third-order valence-electron chi connectivity index (χ3n) is 6.35. The van der Waals surface area contributed by atoms with Crippen LogP contribution in [0.25, 0.3) is 0 Å². The summed E-state index contributed by atoms with van der Waals surface area (Å²) < 4.78 is 0. The highest BCUT2D eigenvalue weighted by Gasteiger charge is 2.62. The molecule has 0 heterocycles. The van der Waals surface area contributed by atoms with Crippen molar-refractivity contribution in [3.63, 3.8) is 0 Å². The maximum absolute atomic E-state index is 11.8. The summed E-state index contributed by atoms with van der Waals surface area (Å²) in [6.07, 6.45) is -2.13. The van der Waals surface area contributed by atoms with Gasteiger partial charge in [0.15, 0.2) is 6.73 Å². The molecule has 0 N–H and O–H groups in total. The van der Waals surface area contributed by atoms with Gasteiger partial charge in [-0.15, -0.1) is 10.1 Å². The van der Waals surface area contributed by atoms with Gasteiger partial charge in [0.05, 0.1) is 12.8 Å². The summed E-state index contributed by atoms with van der Waals surface area (Å²) in [5.41, 5.74) is 0. The van der Waals surface area contributed by atoms with Crippen molar-refractivity contribution in [3.05, 3.63) is 60.7 Å². The van der Waals surface area contributed by atoms with Crippen LogP contribution >= 0.6 is 0 Å². The molecule has 4 atom stereocenters. The van der Waals surface area contributed by atoms with E-state index >= 15 is 0 Å². The molecule has 0 aliphatic heterocycles. The molecule has 0 spiro atoms. The molecule has 190 valence electrons. The number of nitro groups is 5. The Hall–Kier alpha value is -3.84. The molecule has 2 fully saturated rings. The first-order valence-corrected chi connectivity index (χ1v) is 9.96. The third kappa shape index (κ3) is 5.55. The van der Waals surface area contributed by atoms with Crippen molar-refractivity contribution in [3.8, 4) is 0 Å². The van der Waals surface area contributed by atoms with Crippen molar-refractivity contribution >= 4 is 0 Å².